The molecule has 1 spiro atoms. The van der Waals surface area contributed by atoms with E-state index < -0.39 is 0 Å². The van der Waals surface area contributed by atoms with Gasteiger partial charge >= 0.3 is 0 Å². The zero-order valence-electron chi connectivity index (χ0n) is 11.9. The average molecular weight is 255 g/mol. The van der Waals surface area contributed by atoms with Crippen LogP contribution in [0.2, 0.25) is 0 Å². The van der Waals surface area contributed by atoms with Crippen LogP contribution in [0.4, 0.5) is 0 Å². The molecule has 2 fully saturated rings. The lowest BCUT2D eigenvalue weighted by molar-refractivity contribution is 0.0691. The molecule has 106 valence electrons. The molecule has 2 aliphatic rings. The monoisotopic (exact) mass is 255 g/mol. The third-order valence-electron chi connectivity index (χ3n) is 4.82. The van der Waals surface area contributed by atoms with Gasteiger partial charge in [-0.25, -0.2) is 0 Å². The number of ether oxygens (including phenoxy) is 2. The Balaban J connectivity index is 1.51. The molecule has 0 amide bonds. The highest BCUT2D eigenvalue weighted by Gasteiger charge is 2.37. The molecular weight excluding hydrogens is 226 g/mol. The first kappa shape index (κ1) is 14.3. The van der Waals surface area contributed by atoms with Crippen LogP contribution in [0.1, 0.15) is 51.4 Å². The van der Waals surface area contributed by atoms with Crippen molar-refractivity contribution in [2.24, 2.45) is 5.41 Å². The molecule has 0 radical (unpaired) electrons. The second-order valence-corrected chi connectivity index (χ2v) is 6.04. The summed E-state index contributed by atoms with van der Waals surface area (Å²) in [5.41, 5.74) is 0.757. The van der Waals surface area contributed by atoms with Gasteiger partial charge < -0.3 is 14.8 Å². The molecule has 0 heterocycles. The molecular formula is C15H29NO2. The Labute approximate surface area is 112 Å². The summed E-state index contributed by atoms with van der Waals surface area (Å²) in [4.78, 5) is 0. The van der Waals surface area contributed by atoms with Gasteiger partial charge in [0, 0.05) is 19.7 Å². The van der Waals surface area contributed by atoms with E-state index in [1.165, 1.54) is 51.4 Å². The average Bonchev–Trinajstić information content (AvgIpc) is 2.85. The summed E-state index contributed by atoms with van der Waals surface area (Å²) < 4.78 is 10.4. The van der Waals surface area contributed by atoms with Gasteiger partial charge in [0.05, 0.1) is 19.8 Å². The summed E-state index contributed by atoms with van der Waals surface area (Å²) in [6.45, 7) is 3.21. The second-order valence-electron chi connectivity index (χ2n) is 6.04. The summed E-state index contributed by atoms with van der Waals surface area (Å²) >= 11 is 0. The minimum atomic E-state index is 0.700. The van der Waals surface area contributed by atoms with Gasteiger partial charge in [0.25, 0.3) is 0 Å². The zero-order chi connectivity index (χ0) is 12.7. The molecule has 0 saturated heterocycles. The molecule has 0 unspecified atom stereocenters. The Hall–Kier alpha value is -0.120. The maximum Gasteiger partial charge on any atom is 0.0700 e. The number of rotatable bonds is 7. The lowest BCUT2D eigenvalue weighted by atomic mass is 9.71. The number of methoxy groups -OCH3 is 1. The summed E-state index contributed by atoms with van der Waals surface area (Å²) in [5, 5.41) is 3.64. The van der Waals surface area contributed by atoms with Gasteiger partial charge in [-0.1, -0.05) is 12.8 Å². The molecule has 0 aromatic carbocycles. The Morgan fingerprint density at radius 3 is 2.39 bits per heavy atom. The van der Waals surface area contributed by atoms with Crippen LogP contribution in [-0.4, -0.2) is 39.5 Å². The Morgan fingerprint density at radius 2 is 1.72 bits per heavy atom. The fraction of sp³-hybridized carbons (Fsp3) is 1.00. The molecule has 2 aliphatic carbocycles. The first-order valence-corrected chi connectivity index (χ1v) is 7.65. The smallest absolute Gasteiger partial charge is 0.0700 e. The highest BCUT2D eigenvalue weighted by molar-refractivity contribution is 4.91. The standard InChI is InChI=1S/C15H29NO2/c1-17-12-13-18-11-10-16-14-4-8-15(9-5-14)6-2-3-7-15/h14,16H,2-13H2,1H3. The van der Waals surface area contributed by atoms with Gasteiger partial charge in [-0.2, -0.15) is 0 Å². The van der Waals surface area contributed by atoms with Gasteiger partial charge in [0.2, 0.25) is 0 Å². The molecule has 2 saturated carbocycles. The van der Waals surface area contributed by atoms with E-state index in [2.05, 4.69) is 5.32 Å². The first-order valence-electron chi connectivity index (χ1n) is 7.65. The van der Waals surface area contributed by atoms with Gasteiger partial charge in [0.15, 0.2) is 0 Å². The van der Waals surface area contributed by atoms with Gasteiger partial charge in [0.1, 0.15) is 0 Å². The van der Waals surface area contributed by atoms with Gasteiger partial charge in [-0.05, 0) is 43.9 Å². The Kier molecular flexibility index (Phi) is 5.93. The normalized spacial score (nSPS) is 23.8. The number of hydrogen-bond acceptors (Lipinski definition) is 3. The highest BCUT2D eigenvalue weighted by Crippen LogP contribution is 2.48. The summed E-state index contributed by atoms with van der Waals surface area (Å²) in [6.07, 6.45) is 11.6. The topological polar surface area (TPSA) is 30.5 Å². The minimum absolute atomic E-state index is 0.700. The zero-order valence-corrected chi connectivity index (χ0v) is 11.9. The van der Waals surface area contributed by atoms with Crippen molar-refractivity contribution >= 4 is 0 Å². The van der Waals surface area contributed by atoms with Crippen molar-refractivity contribution in [1.82, 2.24) is 5.32 Å². The Morgan fingerprint density at radius 1 is 1.00 bits per heavy atom. The Bertz CT molecular complexity index is 217. The van der Waals surface area contributed by atoms with Crippen LogP contribution < -0.4 is 5.32 Å². The van der Waals surface area contributed by atoms with E-state index in [0.717, 1.165) is 24.6 Å². The van der Waals surface area contributed by atoms with Gasteiger partial charge in [-0.15, -0.1) is 0 Å². The lowest BCUT2D eigenvalue weighted by Gasteiger charge is -2.37. The van der Waals surface area contributed by atoms with E-state index in [-0.39, 0.29) is 0 Å². The van der Waals surface area contributed by atoms with Crippen LogP contribution in [0, 0.1) is 5.41 Å². The van der Waals surface area contributed by atoms with E-state index in [4.69, 9.17) is 9.47 Å². The first-order chi connectivity index (χ1) is 8.85. The molecule has 0 atom stereocenters. The van der Waals surface area contributed by atoms with Crippen molar-refractivity contribution in [3.05, 3.63) is 0 Å². The SMILES string of the molecule is COCCOCCNC1CCC2(CCCC2)CC1. The molecule has 0 aliphatic heterocycles. The van der Waals surface area contributed by atoms with E-state index in [9.17, 15) is 0 Å². The summed E-state index contributed by atoms with van der Waals surface area (Å²) in [7, 11) is 1.71. The van der Waals surface area contributed by atoms with Crippen molar-refractivity contribution in [3.63, 3.8) is 0 Å². The highest BCUT2D eigenvalue weighted by atomic mass is 16.5. The van der Waals surface area contributed by atoms with Crippen LogP contribution >= 0.6 is 0 Å². The van der Waals surface area contributed by atoms with Crippen LogP contribution in [0.5, 0.6) is 0 Å². The molecule has 3 nitrogen and oxygen atoms in total. The summed E-state index contributed by atoms with van der Waals surface area (Å²) in [6, 6.07) is 0.738. The van der Waals surface area contributed by atoms with Crippen molar-refractivity contribution in [3.8, 4) is 0 Å². The van der Waals surface area contributed by atoms with Crippen molar-refractivity contribution in [2.75, 3.05) is 33.5 Å². The third kappa shape index (κ3) is 4.22. The molecule has 1 N–H and O–H groups in total. The summed E-state index contributed by atoms with van der Waals surface area (Å²) in [5.74, 6) is 0. The predicted octanol–water partition coefficient (Wildman–Crippen LogP) is 2.74. The third-order valence-corrected chi connectivity index (χ3v) is 4.82. The molecule has 0 aromatic rings. The molecule has 3 heteroatoms. The predicted molar refractivity (Wildman–Crippen MR) is 73.9 cm³/mol. The largest absolute Gasteiger partial charge is 0.382 e. The molecule has 0 bridgehead atoms. The van der Waals surface area contributed by atoms with Crippen molar-refractivity contribution in [1.29, 1.82) is 0 Å². The fourth-order valence-electron chi connectivity index (χ4n) is 3.64. The second kappa shape index (κ2) is 7.46. The quantitative estimate of drug-likeness (QED) is 0.710. The number of nitrogens with one attached hydrogen (secondary N) is 1. The van der Waals surface area contributed by atoms with Crippen LogP contribution in [0.3, 0.4) is 0 Å². The van der Waals surface area contributed by atoms with Crippen molar-refractivity contribution in [2.45, 2.75) is 57.4 Å². The molecule has 18 heavy (non-hydrogen) atoms. The van der Waals surface area contributed by atoms with Gasteiger partial charge in [-0.3, -0.25) is 0 Å². The van der Waals surface area contributed by atoms with Crippen molar-refractivity contribution < 1.29 is 9.47 Å². The molecule has 0 aromatic heterocycles. The van der Waals surface area contributed by atoms with E-state index >= 15 is 0 Å². The van der Waals surface area contributed by atoms with Crippen LogP contribution in [0.25, 0.3) is 0 Å². The van der Waals surface area contributed by atoms with Crippen LogP contribution in [-0.2, 0) is 9.47 Å². The van der Waals surface area contributed by atoms with E-state index in [1.54, 1.807) is 7.11 Å². The number of hydrogen-bond donors (Lipinski definition) is 1. The van der Waals surface area contributed by atoms with Crippen LogP contribution in [0.15, 0.2) is 0 Å². The van der Waals surface area contributed by atoms with E-state index in [1.807, 2.05) is 0 Å². The van der Waals surface area contributed by atoms with E-state index in [0.29, 0.717) is 13.2 Å². The molecule has 2 rings (SSSR count). The maximum atomic E-state index is 5.47. The minimum Gasteiger partial charge on any atom is -0.382 e. The maximum absolute atomic E-state index is 5.47. The fourth-order valence-corrected chi connectivity index (χ4v) is 3.64. The lowest BCUT2D eigenvalue weighted by Crippen LogP contribution is -2.38.